The molecule has 26 heavy (non-hydrogen) atoms. The number of amides is 1. The van der Waals surface area contributed by atoms with E-state index in [1.54, 1.807) is 37.4 Å². The Hall–Kier alpha value is -2.34. The van der Waals surface area contributed by atoms with Crippen molar-refractivity contribution in [2.24, 2.45) is 0 Å². The quantitative estimate of drug-likeness (QED) is 0.705. The minimum absolute atomic E-state index is 0.0134. The van der Waals surface area contributed by atoms with Gasteiger partial charge in [-0.05, 0) is 49.7 Å². The summed E-state index contributed by atoms with van der Waals surface area (Å²) in [6.45, 7) is 3.33. The van der Waals surface area contributed by atoms with Gasteiger partial charge in [-0.1, -0.05) is 12.1 Å². The Morgan fingerprint density at radius 3 is 2.65 bits per heavy atom. The lowest BCUT2D eigenvalue weighted by atomic mass is 10.1. The van der Waals surface area contributed by atoms with Crippen LogP contribution in [0.5, 0.6) is 5.75 Å². The minimum atomic E-state index is -0.324. The summed E-state index contributed by atoms with van der Waals surface area (Å²) in [5, 5.41) is 2.86. The first-order valence-corrected chi connectivity index (χ1v) is 9.36. The van der Waals surface area contributed by atoms with E-state index in [2.05, 4.69) is 5.32 Å². The highest BCUT2D eigenvalue weighted by Crippen LogP contribution is 2.25. The number of ketones is 1. The van der Waals surface area contributed by atoms with Gasteiger partial charge in [-0.15, -0.1) is 11.8 Å². The van der Waals surface area contributed by atoms with Gasteiger partial charge in [0.05, 0.1) is 18.9 Å². The van der Waals surface area contributed by atoms with E-state index in [0.717, 1.165) is 11.1 Å². The molecule has 0 aliphatic rings. The van der Waals surface area contributed by atoms with Gasteiger partial charge in [-0.3, -0.25) is 9.59 Å². The van der Waals surface area contributed by atoms with Gasteiger partial charge in [0, 0.05) is 16.9 Å². The highest BCUT2D eigenvalue weighted by Gasteiger charge is 2.12. The van der Waals surface area contributed by atoms with E-state index in [-0.39, 0.29) is 29.3 Å². The van der Waals surface area contributed by atoms with E-state index in [0.29, 0.717) is 17.1 Å². The van der Waals surface area contributed by atoms with Crippen LogP contribution >= 0.6 is 11.8 Å². The zero-order valence-electron chi connectivity index (χ0n) is 15.0. The third kappa shape index (κ3) is 5.59. The van der Waals surface area contributed by atoms with Crippen LogP contribution < -0.4 is 10.1 Å². The molecule has 138 valence electrons. The van der Waals surface area contributed by atoms with E-state index in [4.69, 9.17) is 4.74 Å². The summed E-state index contributed by atoms with van der Waals surface area (Å²) in [7, 11) is 1.57. The van der Waals surface area contributed by atoms with Crippen LogP contribution in [0.15, 0.2) is 42.5 Å². The Kier molecular flexibility index (Phi) is 7.21. The number of rotatable bonds is 8. The molecule has 0 radical (unpaired) electrons. The molecule has 6 heteroatoms. The SMILES string of the molecule is COc1ccc(C(C)=O)cc1CSCC(=O)NC(C)c1cccc(F)c1. The zero-order chi connectivity index (χ0) is 19.1. The summed E-state index contributed by atoms with van der Waals surface area (Å²) in [6.07, 6.45) is 0. The summed E-state index contributed by atoms with van der Waals surface area (Å²) in [5.74, 6) is 1.03. The number of Topliss-reactive ketones (excluding diaryl/α,β-unsaturated/α-hetero) is 1. The molecule has 1 atom stereocenters. The molecule has 0 bridgehead atoms. The van der Waals surface area contributed by atoms with Gasteiger partial charge in [0.2, 0.25) is 5.91 Å². The lowest BCUT2D eigenvalue weighted by Crippen LogP contribution is -2.28. The predicted molar refractivity (Wildman–Crippen MR) is 102 cm³/mol. The fourth-order valence-corrected chi connectivity index (χ4v) is 3.32. The first-order valence-electron chi connectivity index (χ1n) is 8.21. The Morgan fingerprint density at radius 2 is 2.00 bits per heavy atom. The average Bonchev–Trinajstić information content (AvgIpc) is 2.61. The number of thioether (sulfide) groups is 1. The summed E-state index contributed by atoms with van der Waals surface area (Å²) in [6, 6.07) is 11.2. The fourth-order valence-electron chi connectivity index (χ4n) is 2.51. The Labute approximate surface area is 157 Å². The third-order valence-electron chi connectivity index (χ3n) is 3.90. The monoisotopic (exact) mass is 375 g/mol. The van der Waals surface area contributed by atoms with Crippen LogP contribution in [0.1, 0.15) is 41.4 Å². The van der Waals surface area contributed by atoms with Crippen LogP contribution in [-0.2, 0) is 10.5 Å². The van der Waals surface area contributed by atoms with E-state index in [9.17, 15) is 14.0 Å². The molecule has 0 aliphatic carbocycles. The minimum Gasteiger partial charge on any atom is -0.496 e. The topological polar surface area (TPSA) is 55.4 Å². The van der Waals surface area contributed by atoms with E-state index in [1.165, 1.54) is 30.8 Å². The van der Waals surface area contributed by atoms with E-state index < -0.39 is 0 Å². The molecule has 0 saturated carbocycles. The Morgan fingerprint density at radius 1 is 1.23 bits per heavy atom. The number of nitrogens with one attached hydrogen (secondary N) is 1. The Bertz CT molecular complexity index is 794. The Balaban J connectivity index is 1.90. The summed E-state index contributed by atoms with van der Waals surface area (Å²) >= 11 is 1.43. The smallest absolute Gasteiger partial charge is 0.230 e. The van der Waals surface area contributed by atoms with Gasteiger partial charge in [-0.2, -0.15) is 0 Å². The summed E-state index contributed by atoms with van der Waals surface area (Å²) in [5.41, 5.74) is 2.21. The fraction of sp³-hybridized carbons (Fsp3) is 0.300. The maximum atomic E-state index is 13.3. The first-order chi connectivity index (χ1) is 12.4. The molecule has 0 aliphatic heterocycles. The van der Waals surface area contributed by atoms with Crippen LogP contribution in [0, 0.1) is 5.82 Å². The van der Waals surface area contributed by atoms with E-state index in [1.807, 2.05) is 6.92 Å². The van der Waals surface area contributed by atoms with Gasteiger partial charge in [0.25, 0.3) is 0 Å². The molecule has 0 aromatic heterocycles. The number of benzene rings is 2. The highest BCUT2D eigenvalue weighted by molar-refractivity contribution is 7.99. The van der Waals surface area contributed by atoms with Crippen molar-refractivity contribution in [3.63, 3.8) is 0 Å². The lowest BCUT2D eigenvalue weighted by molar-refractivity contribution is -0.119. The first kappa shape index (κ1) is 20.0. The summed E-state index contributed by atoms with van der Waals surface area (Å²) in [4.78, 5) is 23.6. The van der Waals surface area contributed by atoms with Crippen LogP contribution in [0.3, 0.4) is 0 Å². The maximum Gasteiger partial charge on any atom is 0.230 e. The molecule has 1 unspecified atom stereocenters. The average molecular weight is 375 g/mol. The standard InChI is InChI=1S/C20H22FNO3S/c1-13(15-5-4-6-18(21)10-15)22-20(24)12-26-11-17-9-16(14(2)23)7-8-19(17)25-3/h4-10,13H,11-12H2,1-3H3,(H,22,24). The molecule has 1 amide bonds. The lowest BCUT2D eigenvalue weighted by Gasteiger charge is -2.14. The third-order valence-corrected chi connectivity index (χ3v) is 4.89. The summed E-state index contributed by atoms with van der Waals surface area (Å²) < 4.78 is 18.6. The van der Waals surface area contributed by atoms with Gasteiger partial charge in [0.1, 0.15) is 11.6 Å². The van der Waals surface area contributed by atoms with Gasteiger partial charge < -0.3 is 10.1 Å². The highest BCUT2D eigenvalue weighted by atomic mass is 32.2. The molecule has 2 aromatic rings. The van der Waals surface area contributed by atoms with Crippen molar-refractivity contribution in [1.82, 2.24) is 5.32 Å². The number of methoxy groups -OCH3 is 1. The molecule has 0 saturated heterocycles. The number of carbonyl (C=O) groups excluding carboxylic acids is 2. The van der Waals surface area contributed by atoms with Crippen molar-refractivity contribution < 1.29 is 18.7 Å². The molecule has 4 nitrogen and oxygen atoms in total. The van der Waals surface area contributed by atoms with Crippen molar-refractivity contribution in [2.45, 2.75) is 25.6 Å². The number of hydrogen-bond donors (Lipinski definition) is 1. The van der Waals surface area contributed by atoms with Gasteiger partial charge >= 0.3 is 0 Å². The normalized spacial score (nSPS) is 11.7. The number of carbonyl (C=O) groups is 2. The zero-order valence-corrected chi connectivity index (χ0v) is 15.9. The molecule has 2 aromatic carbocycles. The number of ether oxygens (including phenoxy) is 1. The van der Waals surface area contributed by atoms with Gasteiger partial charge in [-0.25, -0.2) is 4.39 Å². The molecule has 1 N–H and O–H groups in total. The molecular weight excluding hydrogens is 353 g/mol. The number of hydrogen-bond acceptors (Lipinski definition) is 4. The van der Waals surface area contributed by atoms with Crippen molar-refractivity contribution in [2.75, 3.05) is 12.9 Å². The van der Waals surface area contributed by atoms with E-state index >= 15 is 0 Å². The predicted octanol–water partition coefficient (Wildman–Crippen LogP) is 4.15. The second-order valence-electron chi connectivity index (χ2n) is 5.92. The molecular formula is C20H22FNO3S. The molecule has 0 spiro atoms. The van der Waals surface area contributed by atoms with Crippen molar-refractivity contribution >= 4 is 23.5 Å². The molecule has 2 rings (SSSR count). The second-order valence-corrected chi connectivity index (χ2v) is 6.91. The maximum absolute atomic E-state index is 13.3. The van der Waals surface area contributed by atoms with Crippen LogP contribution in [0.2, 0.25) is 0 Å². The van der Waals surface area contributed by atoms with Crippen molar-refractivity contribution in [3.05, 3.63) is 65.0 Å². The van der Waals surface area contributed by atoms with Crippen LogP contribution in [-0.4, -0.2) is 24.6 Å². The van der Waals surface area contributed by atoms with Crippen LogP contribution in [0.4, 0.5) is 4.39 Å². The van der Waals surface area contributed by atoms with Crippen molar-refractivity contribution in [3.8, 4) is 5.75 Å². The van der Waals surface area contributed by atoms with Crippen molar-refractivity contribution in [1.29, 1.82) is 0 Å². The largest absolute Gasteiger partial charge is 0.496 e. The molecule has 0 fully saturated rings. The second kappa shape index (κ2) is 9.38. The molecule has 0 heterocycles. The number of halogens is 1. The van der Waals surface area contributed by atoms with Crippen LogP contribution in [0.25, 0.3) is 0 Å². The van der Waals surface area contributed by atoms with Gasteiger partial charge in [0.15, 0.2) is 5.78 Å².